The smallest absolute Gasteiger partial charge is 0.126 e. The van der Waals surface area contributed by atoms with Crippen molar-refractivity contribution in [3.8, 4) is 11.5 Å². The average molecular weight is 233 g/mol. The van der Waals surface area contributed by atoms with Gasteiger partial charge in [0, 0.05) is 11.6 Å². The van der Waals surface area contributed by atoms with Crippen LogP contribution in [0.25, 0.3) is 0 Å². The number of phenolic OH excluding ortho intramolecular Hbond substituents is 1. The minimum absolute atomic E-state index is 0.289. The van der Waals surface area contributed by atoms with E-state index in [0.717, 1.165) is 24.2 Å². The van der Waals surface area contributed by atoms with E-state index in [0.29, 0.717) is 11.8 Å². The van der Waals surface area contributed by atoms with Crippen LogP contribution in [0.3, 0.4) is 0 Å². The van der Waals surface area contributed by atoms with Gasteiger partial charge < -0.3 is 9.84 Å². The molecule has 0 spiro atoms. The van der Waals surface area contributed by atoms with Crippen molar-refractivity contribution in [3.05, 3.63) is 23.8 Å². The van der Waals surface area contributed by atoms with Crippen molar-refractivity contribution in [2.75, 3.05) is 13.6 Å². The average Bonchev–Trinajstić information content (AvgIpc) is 2.75. The van der Waals surface area contributed by atoms with Crippen molar-refractivity contribution in [1.29, 1.82) is 0 Å². The number of fused-ring (bicyclic) bond motifs is 1. The number of aromatic hydroxyl groups is 1. The fourth-order valence-corrected chi connectivity index (χ4v) is 3.10. The van der Waals surface area contributed by atoms with Crippen molar-refractivity contribution >= 4 is 0 Å². The number of hydrogen-bond donors (Lipinski definition) is 1. The quantitative estimate of drug-likeness (QED) is 0.807. The van der Waals surface area contributed by atoms with Crippen LogP contribution >= 0.6 is 0 Å². The van der Waals surface area contributed by atoms with Gasteiger partial charge in [-0.05, 0) is 51.4 Å². The summed E-state index contributed by atoms with van der Waals surface area (Å²) in [6.45, 7) is 1.18. The number of benzene rings is 1. The summed E-state index contributed by atoms with van der Waals surface area (Å²) in [4.78, 5) is 2.40. The van der Waals surface area contributed by atoms with Crippen molar-refractivity contribution in [2.45, 2.75) is 37.8 Å². The maximum atomic E-state index is 9.77. The summed E-state index contributed by atoms with van der Waals surface area (Å²) < 4.78 is 6.07. The fraction of sp³-hybridized carbons (Fsp3) is 0.571. The van der Waals surface area contributed by atoms with Gasteiger partial charge in [0.2, 0.25) is 0 Å². The molecule has 1 aromatic rings. The van der Waals surface area contributed by atoms with E-state index < -0.39 is 0 Å². The zero-order valence-corrected chi connectivity index (χ0v) is 10.2. The van der Waals surface area contributed by atoms with Gasteiger partial charge in [-0.3, -0.25) is 4.90 Å². The predicted molar refractivity (Wildman–Crippen MR) is 66.5 cm³/mol. The number of ether oxygens (including phenoxy) is 1. The normalized spacial score (nSPS) is 28.8. The molecule has 3 heteroatoms. The van der Waals surface area contributed by atoms with E-state index in [9.17, 15) is 5.11 Å². The van der Waals surface area contributed by atoms with Gasteiger partial charge in [0.25, 0.3) is 0 Å². The van der Waals surface area contributed by atoms with Gasteiger partial charge >= 0.3 is 0 Å². The molecule has 1 aromatic carbocycles. The molecule has 2 heterocycles. The first-order valence-corrected chi connectivity index (χ1v) is 6.43. The van der Waals surface area contributed by atoms with Gasteiger partial charge in [0.05, 0.1) is 0 Å². The second-order valence-corrected chi connectivity index (χ2v) is 5.14. The van der Waals surface area contributed by atoms with Gasteiger partial charge in [-0.15, -0.1) is 0 Å². The molecule has 1 fully saturated rings. The highest BCUT2D eigenvalue weighted by Gasteiger charge is 2.33. The molecule has 17 heavy (non-hydrogen) atoms. The Morgan fingerprint density at radius 1 is 1.35 bits per heavy atom. The lowest BCUT2D eigenvalue weighted by Crippen LogP contribution is -2.41. The standard InChI is InChI=1S/C14H19NO2/c1-15-9-3-4-11(15)14-8-7-10-12(16)5-2-6-13(10)17-14/h2,5-6,11,14,16H,3-4,7-9H2,1H3. The van der Waals surface area contributed by atoms with Crippen LogP contribution in [0.1, 0.15) is 24.8 Å². The van der Waals surface area contributed by atoms with E-state index in [-0.39, 0.29) is 6.10 Å². The molecule has 2 unspecified atom stereocenters. The van der Waals surface area contributed by atoms with E-state index in [1.54, 1.807) is 6.07 Å². The van der Waals surface area contributed by atoms with Crippen molar-refractivity contribution in [1.82, 2.24) is 4.90 Å². The second-order valence-electron chi connectivity index (χ2n) is 5.14. The first-order valence-electron chi connectivity index (χ1n) is 6.43. The Balaban J connectivity index is 1.81. The molecule has 2 aliphatic rings. The van der Waals surface area contributed by atoms with Crippen LogP contribution in [0.5, 0.6) is 11.5 Å². The Kier molecular flexibility index (Phi) is 2.71. The van der Waals surface area contributed by atoms with Crippen molar-refractivity contribution in [2.24, 2.45) is 0 Å². The summed E-state index contributed by atoms with van der Waals surface area (Å²) in [5.74, 6) is 1.25. The van der Waals surface area contributed by atoms with Gasteiger partial charge in [0.15, 0.2) is 0 Å². The summed E-state index contributed by atoms with van der Waals surface area (Å²) in [6, 6.07) is 6.11. The molecule has 0 aliphatic carbocycles. The molecule has 0 aromatic heterocycles. The topological polar surface area (TPSA) is 32.7 Å². The number of nitrogens with zero attached hydrogens (tertiary/aromatic N) is 1. The highest BCUT2D eigenvalue weighted by molar-refractivity contribution is 5.45. The molecule has 3 nitrogen and oxygen atoms in total. The molecule has 1 N–H and O–H groups in total. The van der Waals surface area contributed by atoms with Gasteiger partial charge in [0.1, 0.15) is 17.6 Å². The molecule has 2 atom stereocenters. The van der Waals surface area contributed by atoms with Gasteiger partial charge in [-0.2, -0.15) is 0 Å². The zero-order chi connectivity index (χ0) is 11.8. The lowest BCUT2D eigenvalue weighted by Gasteiger charge is -2.33. The SMILES string of the molecule is CN1CCCC1C1CCc2c(O)cccc2O1. The number of phenols is 1. The molecule has 92 valence electrons. The van der Waals surface area contributed by atoms with E-state index in [4.69, 9.17) is 4.74 Å². The lowest BCUT2D eigenvalue weighted by molar-refractivity contribution is 0.0878. The third-order valence-electron chi connectivity index (χ3n) is 4.07. The first kappa shape index (κ1) is 10.9. The minimum Gasteiger partial charge on any atom is -0.508 e. The monoisotopic (exact) mass is 233 g/mol. The number of likely N-dealkylation sites (tertiary alicyclic amines) is 1. The van der Waals surface area contributed by atoms with Gasteiger partial charge in [-0.25, -0.2) is 0 Å². The summed E-state index contributed by atoms with van der Waals surface area (Å²) in [5.41, 5.74) is 0.976. The second kappa shape index (κ2) is 4.22. The molecular formula is C14H19NO2. The Bertz CT molecular complexity index is 419. The Labute approximate surface area is 102 Å². The minimum atomic E-state index is 0.289. The molecule has 0 saturated carbocycles. The first-order chi connectivity index (χ1) is 8.25. The van der Waals surface area contributed by atoms with Gasteiger partial charge in [-0.1, -0.05) is 6.07 Å². The summed E-state index contributed by atoms with van der Waals surface area (Å²) in [5, 5.41) is 9.77. The van der Waals surface area contributed by atoms with E-state index >= 15 is 0 Å². The number of likely N-dealkylation sites (N-methyl/N-ethyl adjacent to an activating group) is 1. The molecule has 0 radical (unpaired) electrons. The third-order valence-corrected chi connectivity index (χ3v) is 4.07. The fourth-order valence-electron chi connectivity index (χ4n) is 3.10. The highest BCUT2D eigenvalue weighted by atomic mass is 16.5. The molecule has 3 rings (SSSR count). The van der Waals surface area contributed by atoms with Crippen LogP contribution < -0.4 is 4.74 Å². The largest absolute Gasteiger partial charge is 0.508 e. The lowest BCUT2D eigenvalue weighted by atomic mass is 9.96. The number of rotatable bonds is 1. The third kappa shape index (κ3) is 1.89. The summed E-state index contributed by atoms with van der Waals surface area (Å²) >= 11 is 0. The van der Waals surface area contributed by atoms with Crippen LogP contribution in [0.15, 0.2) is 18.2 Å². The van der Waals surface area contributed by atoms with Crippen LogP contribution in [-0.4, -0.2) is 35.7 Å². The van der Waals surface area contributed by atoms with Crippen molar-refractivity contribution in [3.63, 3.8) is 0 Å². The van der Waals surface area contributed by atoms with Crippen LogP contribution in [0.2, 0.25) is 0 Å². The maximum Gasteiger partial charge on any atom is 0.126 e. The van der Waals surface area contributed by atoms with E-state index in [2.05, 4.69) is 11.9 Å². The molecule has 2 aliphatic heterocycles. The molecular weight excluding hydrogens is 214 g/mol. The number of hydrogen-bond acceptors (Lipinski definition) is 3. The highest BCUT2D eigenvalue weighted by Crippen LogP contribution is 2.36. The maximum absolute atomic E-state index is 9.77. The van der Waals surface area contributed by atoms with E-state index in [1.807, 2.05) is 12.1 Å². The Hall–Kier alpha value is -1.22. The Morgan fingerprint density at radius 2 is 2.24 bits per heavy atom. The van der Waals surface area contributed by atoms with E-state index in [1.165, 1.54) is 19.4 Å². The summed E-state index contributed by atoms with van der Waals surface area (Å²) in [7, 11) is 2.18. The Morgan fingerprint density at radius 3 is 3.00 bits per heavy atom. The summed E-state index contributed by atoms with van der Waals surface area (Å²) in [6.07, 6.45) is 4.73. The van der Waals surface area contributed by atoms with Crippen LogP contribution in [0, 0.1) is 0 Å². The van der Waals surface area contributed by atoms with Crippen LogP contribution in [-0.2, 0) is 6.42 Å². The van der Waals surface area contributed by atoms with Crippen LogP contribution in [0.4, 0.5) is 0 Å². The predicted octanol–water partition coefficient (Wildman–Crippen LogP) is 2.18. The molecule has 0 amide bonds. The molecule has 1 saturated heterocycles. The zero-order valence-electron chi connectivity index (χ0n) is 10.2. The molecule has 0 bridgehead atoms. The van der Waals surface area contributed by atoms with Crippen molar-refractivity contribution < 1.29 is 9.84 Å².